The Kier molecular flexibility index (Phi) is 6.23. The molecule has 34 heavy (non-hydrogen) atoms. The van der Waals surface area contributed by atoms with Crippen molar-refractivity contribution in [1.29, 1.82) is 0 Å². The van der Waals surface area contributed by atoms with Gasteiger partial charge in [0.2, 0.25) is 0 Å². The lowest BCUT2D eigenvalue weighted by atomic mass is 10.0. The molecule has 0 radical (unpaired) electrons. The Labute approximate surface area is 207 Å². The van der Waals surface area contributed by atoms with Crippen molar-refractivity contribution in [3.63, 3.8) is 0 Å². The molecular formula is C25H23Cl2N3O4. The number of benzene rings is 2. The number of piperidine rings is 1. The molecule has 176 valence electrons. The lowest BCUT2D eigenvalue weighted by Gasteiger charge is -2.35. The zero-order valence-corrected chi connectivity index (χ0v) is 20.1. The lowest BCUT2D eigenvalue weighted by Crippen LogP contribution is -2.47. The van der Waals surface area contributed by atoms with E-state index in [1.807, 2.05) is 24.3 Å². The van der Waals surface area contributed by atoms with E-state index < -0.39 is 0 Å². The molecule has 0 aliphatic carbocycles. The van der Waals surface area contributed by atoms with Gasteiger partial charge in [-0.1, -0.05) is 23.2 Å². The second-order valence-corrected chi connectivity index (χ2v) is 9.27. The maximum absolute atomic E-state index is 12.9. The molecule has 0 bridgehead atoms. The molecule has 1 unspecified atom stereocenters. The van der Waals surface area contributed by atoms with Gasteiger partial charge in [0.05, 0.1) is 29.2 Å². The number of methoxy groups -OCH3 is 1. The smallest absolute Gasteiger partial charge is 0.410 e. The Hall–Kier alpha value is -3.03. The minimum Gasteiger partial charge on any atom is -0.497 e. The monoisotopic (exact) mass is 499 g/mol. The number of rotatable bonds is 4. The highest BCUT2D eigenvalue weighted by Crippen LogP contribution is 2.35. The van der Waals surface area contributed by atoms with Crippen molar-refractivity contribution >= 4 is 46.1 Å². The second-order valence-electron chi connectivity index (χ2n) is 8.46. The third-order valence-electron chi connectivity index (χ3n) is 6.53. The van der Waals surface area contributed by atoms with Crippen LogP contribution in [0, 0.1) is 0 Å². The average molecular weight is 500 g/mol. The fourth-order valence-corrected chi connectivity index (χ4v) is 4.98. The van der Waals surface area contributed by atoms with Crippen LogP contribution in [0.3, 0.4) is 0 Å². The van der Waals surface area contributed by atoms with Gasteiger partial charge in [0, 0.05) is 41.8 Å². The molecule has 1 aromatic heterocycles. The number of amides is 2. The van der Waals surface area contributed by atoms with Crippen LogP contribution in [0.4, 0.5) is 4.79 Å². The molecule has 7 nitrogen and oxygen atoms in total. The van der Waals surface area contributed by atoms with Crippen molar-refractivity contribution in [3.05, 3.63) is 69.8 Å². The van der Waals surface area contributed by atoms with Crippen LogP contribution in [0.25, 0.3) is 10.9 Å². The fraction of sp³-hybridized carbons (Fsp3) is 0.320. The highest BCUT2D eigenvalue weighted by atomic mass is 35.5. The molecule has 2 amide bonds. The van der Waals surface area contributed by atoms with Crippen LogP contribution in [-0.2, 0) is 4.74 Å². The molecule has 2 saturated heterocycles. The number of ether oxygens (including phenoxy) is 2. The molecule has 2 aromatic carbocycles. The van der Waals surface area contributed by atoms with Crippen LogP contribution in [0.1, 0.15) is 34.9 Å². The van der Waals surface area contributed by atoms with E-state index in [4.69, 9.17) is 32.7 Å². The standard InChI is InChI=1S/C25H23Cl2N3O4/c1-33-17-3-5-22-19(13-17)18(6-9-28-22)23-14-30(25(32)34-23)16-7-10-29(11-8-16)24(31)15-2-4-20(26)21(27)12-15/h2-6,9,12-13,16,23H,7-8,10-11,14H2,1H3. The van der Waals surface area contributed by atoms with Crippen LogP contribution >= 0.6 is 23.2 Å². The number of hydrogen-bond acceptors (Lipinski definition) is 5. The van der Waals surface area contributed by atoms with Crippen LogP contribution in [0.5, 0.6) is 5.75 Å². The number of cyclic esters (lactones) is 1. The Balaban J connectivity index is 1.27. The summed E-state index contributed by atoms with van der Waals surface area (Å²) in [6.07, 6.45) is 2.38. The highest BCUT2D eigenvalue weighted by molar-refractivity contribution is 6.42. The molecule has 0 spiro atoms. The van der Waals surface area contributed by atoms with E-state index in [2.05, 4.69) is 4.98 Å². The highest BCUT2D eigenvalue weighted by Gasteiger charge is 2.39. The number of hydrogen-bond donors (Lipinski definition) is 0. The van der Waals surface area contributed by atoms with Crippen molar-refractivity contribution in [3.8, 4) is 5.75 Å². The van der Waals surface area contributed by atoms with Gasteiger partial charge in [-0.25, -0.2) is 4.79 Å². The first kappa shape index (κ1) is 22.7. The van der Waals surface area contributed by atoms with Gasteiger partial charge in [-0.2, -0.15) is 0 Å². The van der Waals surface area contributed by atoms with E-state index in [-0.39, 0.29) is 24.1 Å². The molecule has 0 saturated carbocycles. The van der Waals surface area contributed by atoms with Crippen molar-refractivity contribution in [2.45, 2.75) is 25.0 Å². The Morgan fingerprint density at radius 2 is 1.88 bits per heavy atom. The number of pyridine rings is 1. The number of fused-ring (bicyclic) bond motifs is 1. The molecule has 0 N–H and O–H groups in total. The van der Waals surface area contributed by atoms with Crippen molar-refractivity contribution in [2.75, 3.05) is 26.7 Å². The Bertz CT molecular complexity index is 1260. The third kappa shape index (κ3) is 4.26. The second kappa shape index (κ2) is 9.31. The van der Waals surface area contributed by atoms with E-state index in [1.54, 1.807) is 41.3 Å². The number of aromatic nitrogens is 1. The lowest BCUT2D eigenvalue weighted by molar-refractivity contribution is 0.0658. The maximum atomic E-state index is 12.9. The quantitative estimate of drug-likeness (QED) is 0.483. The predicted octanol–water partition coefficient (Wildman–Crippen LogP) is 5.35. The number of nitrogens with zero attached hydrogens (tertiary/aromatic N) is 3. The zero-order valence-electron chi connectivity index (χ0n) is 18.5. The Morgan fingerprint density at radius 1 is 1.09 bits per heavy atom. The van der Waals surface area contributed by atoms with Gasteiger partial charge in [-0.3, -0.25) is 9.78 Å². The minimum absolute atomic E-state index is 0.0120. The van der Waals surface area contributed by atoms with Crippen molar-refractivity contribution in [2.24, 2.45) is 0 Å². The molecule has 3 aromatic rings. The summed E-state index contributed by atoms with van der Waals surface area (Å²) in [4.78, 5) is 33.6. The summed E-state index contributed by atoms with van der Waals surface area (Å²) in [6, 6.07) is 12.5. The summed E-state index contributed by atoms with van der Waals surface area (Å²) in [5.74, 6) is 0.637. The third-order valence-corrected chi connectivity index (χ3v) is 7.27. The fourth-order valence-electron chi connectivity index (χ4n) is 4.69. The van der Waals surface area contributed by atoms with Gasteiger partial charge >= 0.3 is 6.09 Å². The summed E-state index contributed by atoms with van der Waals surface area (Å²) in [7, 11) is 1.62. The number of carbonyl (C=O) groups excluding carboxylic acids is 2. The number of likely N-dealkylation sites (tertiary alicyclic amines) is 1. The topological polar surface area (TPSA) is 72.0 Å². The summed E-state index contributed by atoms with van der Waals surface area (Å²) in [6.45, 7) is 1.56. The molecular weight excluding hydrogens is 477 g/mol. The summed E-state index contributed by atoms with van der Waals surface area (Å²) >= 11 is 12.0. The van der Waals surface area contributed by atoms with E-state index in [0.717, 1.165) is 22.2 Å². The zero-order chi connectivity index (χ0) is 23.8. The summed E-state index contributed by atoms with van der Waals surface area (Å²) in [5, 5.41) is 1.68. The van der Waals surface area contributed by atoms with E-state index in [1.165, 1.54) is 0 Å². The van der Waals surface area contributed by atoms with Crippen molar-refractivity contribution in [1.82, 2.24) is 14.8 Å². The number of halogens is 2. The van der Waals surface area contributed by atoms with E-state index >= 15 is 0 Å². The normalized spacial score (nSPS) is 18.9. The average Bonchev–Trinajstić information content (AvgIpc) is 3.25. The molecule has 3 heterocycles. The van der Waals surface area contributed by atoms with Gasteiger partial charge in [-0.05, 0) is 55.3 Å². The van der Waals surface area contributed by atoms with Gasteiger partial charge in [0.1, 0.15) is 11.9 Å². The van der Waals surface area contributed by atoms with Gasteiger partial charge in [0.15, 0.2) is 0 Å². The first-order valence-corrected chi connectivity index (χ1v) is 11.8. The predicted molar refractivity (Wildman–Crippen MR) is 130 cm³/mol. The van der Waals surface area contributed by atoms with Gasteiger partial charge < -0.3 is 19.3 Å². The minimum atomic E-state index is -0.388. The van der Waals surface area contributed by atoms with E-state index in [0.29, 0.717) is 48.1 Å². The van der Waals surface area contributed by atoms with Crippen LogP contribution in [0.15, 0.2) is 48.7 Å². The van der Waals surface area contributed by atoms with Gasteiger partial charge in [0.25, 0.3) is 5.91 Å². The van der Waals surface area contributed by atoms with E-state index in [9.17, 15) is 9.59 Å². The molecule has 2 aliphatic rings. The van der Waals surface area contributed by atoms with Crippen LogP contribution in [-0.4, -0.2) is 59.6 Å². The molecule has 2 aliphatic heterocycles. The molecule has 5 rings (SSSR count). The largest absolute Gasteiger partial charge is 0.497 e. The van der Waals surface area contributed by atoms with Crippen LogP contribution in [0.2, 0.25) is 10.0 Å². The van der Waals surface area contributed by atoms with Crippen LogP contribution < -0.4 is 4.74 Å². The number of carbonyl (C=O) groups is 2. The molecule has 2 fully saturated rings. The molecule has 1 atom stereocenters. The van der Waals surface area contributed by atoms with Gasteiger partial charge in [-0.15, -0.1) is 0 Å². The molecule has 9 heteroatoms. The summed E-state index contributed by atoms with van der Waals surface area (Å²) in [5.41, 5.74) is 2.24. The SMILES string of the molecule is COc1ccc2nccc(C3CN(C4CCN(C(=O)c5ccc(Cl)c(Cl)c5)CC4)C(=O)O3)c2c1. The first-order chi connectivity index (χ1) is 16.4. The first-order valence-electron chi connectivity index (χ1n) is 11.1. The maximum Gasteiger partial charge on any atom is 0.410 e. The summed E-state index contributed by atoms with van der Waals surface area (Å²) < 4.78 is 11.1. The van der Waals surface area contributed by atoms with Crippen molar-refractivity contribution < 1.29 is 19.1 Å². The Morgan fingerprint density at radius 3 is 2.62 bits per heavy atom.